The molecular formula is C12H19NO3. The van der Waals surface area contributed by atoms with Crippen LogP contribution in [0.3, 0.4) is 0 Å². The average Bonchev–Trinajstić information content (AvgIpc) is 2.27. The van der Waals surface area contributed by atoms with E-state index in [2.05, 4.69) is 11.6 Å². The number of allylic oxidation sites excluding steroid dienone is 1. The van der Waals surface area contributed by atoms with Crippen LogP contribution in [0.25, 0.3) is 0 Å². The third kappa shape index (κ3) is 6.96. The van der Waals surface area contributed by atoms with Gasteiger partial charge in [0.2, 0.25) is 6.08 Å². The van der Waals surface area contributed by atoms with Crippen LogP contribution in [0.2, 0.25) is 0 Å². The molecule has 0 amide bonds. The molecule has 0 unspecified atom stereocenters. The lowest BCUT2D eigenvalue weighted by Crippen LogP contribution is -2.21. The van der Waals surface area contributed by atoms with E-state index in [9.17, 15) is 9.59 Å². The van der Waals surface area contributed by atoms with E-state index in [0.717, 1.165) is 25.7 Å². The first-order valence-electron chi connectivity index (χ1n) is 5.60. The van der Waals surface area contributed by atoms with Crippen LogP contribution in [0.1, 0.15) is 39.0 Å². The number of isocyanates is 1. The summed E-state index contributed by atoms with van der Waals surface area (Å²) in [5.41, 5.74) is 0. The fraction of sp³-hybridized carbons (Fsp3) is 0.667. The van der Waals surface area contributed by atoms with Crippen LogP contribution >= 0.6 is 0 Å². The Labute approximate surface area is 96.4 Å². The van der Waals surface area contributed by atoms with Crippen molar-refractivity contribution >= 4 is 12.0 Å². The molecule has 0 aromatic rings. The highest BCUT2D eigenvalue weighted by molar-refractivity contribution is 5.76. The largest absolute Gasteiger partial charge is 0.464 e. The molecule has 0 saturated carbocycles. The van der Waals surface area contributed by atoms with Crippen molar-refractivity contribution in [3.05, 3.63) is 12.7 Å². The van der Waals surface area contributed by atoms with Crippen molar-refractivity contribution in [1.82, 2.24) is 0 Å². The van der Waals surface area contributed by atoms with Gasteiger partial charge < -0.3 is 4.74 Å². The highest BCUT2D eigenvalue weighted by atomic mass is 16.5. The average molecular weight is 225 g/mol. The normalized spacial score (nSPS) is 11.3. The highest BCUT2D eigenvalue weighted by Gasteiger charge is 2.17. The fourth-order valence-corrected chi connectivity index (χ4v) is 1.34. The smallest absolute Gasteiger partial charge is 0.331 e. The Hall–Kier alpha value is -1.41. The van der Waals surface area contributed by atoms with Crippen molar-refractivity contribution in [2.75, 3.05) is 6.61 Å². The zero-order valence-corrected chi connectivity index (χ0v) is 9.78. The summed E-state index contributed by atoms with van der Waals surface area (Å²) in [7, 11) is 0. The quantitative estimate of drug-likeness (QED) is 0.199. The summed E-state index contributed by atoms with van der Waals surface area (Å²) in [6.45, 7) is 5.66. The molecule has 0 spiro atoms. The van der Waals surface area contributed by atoms with Gasteiger partial charge in [0.15, 0.2) is 6.04 Å². The van der Waals surface area contributed by atoms with Crippen LogP contribution in [0.4, 0.5) is 0 Å². The van der Waals surface area contributed by atoms with Crippen LogP contribution < -0.4 is 0 Å². The van der Waals surface area contributed by atoms with Gasteiger partial charge >= 0.3 is 5.97 Å². The van der Waals surface area contributed by atoms with Gasteiger partial charge in [-0.1, -0.05) is 18.9 Å². The topological polar surface area (TPSA) is 55.7 Å². The van der Waals surface area contributed by atoms with Gasteiger partial charge in [-0.25, -0.2) is 9.59 Å². The van der Waals surface area contributed by atoms with Crippen LogP contribution in [0.15, 0.2) is 17.6 Å². The number of aliphatic imine (C=N–C) groups is 1. The number of carbonyl (C=O) groups excluding carboxylic acids is 2. The molecule has 0 radical (unpaired) electrons. The lowest BCUT2D eigenvalue weighted by molar-refractivity contribution is -0.144. The molecular weight excluding hydrogens is 206 g/mol. The van der Waals surface area contributed by atoms with Crippen LogP contribution in [-0.4, -0.2) is 24.7 Å². The van der Waals surface area contributed by atoms with E-state index in [-0.39, 0.29) is 0 Å². The summed E-state index contributed by atoms with van der Waals surface area (Å²) >= 11 is 0. The van der Waals surface area contributed by atoms with Crippen molar-refractivity contribution < 1.29 is 14.3 Å². The third-order valence-corrected chi connectivity index (χ3v) is 2.15. The minimum Gasteiger partial charge on any atom is -0.464 e. The van der Waals surface area contributed by atoms with E-state index >= 15 is 0 Å². The zero-order valence-electron chi connectivity index (χ0n) is 9.78. The molecule has 0 aromatic carbocycles. The van der Waals surface area contributed by atoms with Gasteiger partial charge in [-0.05, 0) is 26.2 Å². The van der Waals surface area contributed by atoms with Crippen molar-refractivity contribution in [2.45, 2.75) is 45.1 Å². The molecule has 0 aliphatic rings. The van der Waals surface area contributed by atoms with E-state index in [1.165, 1.54) is 6.08 Å². The van der Waals surface area contributed by atoms with Gasteiger partial charge in [-0.2, -0.15) is 4.99 Å². The summed E-state index contributed by atoms with van der Waals surface area (Å²) in [6.07, 6.45) is 7.70. The van der Waals surface area contributed by atoms with Crippen LogP contribution in [-0.2, 0) is 14.3 Å². The fourth-order valence-electron chi connectivity index (χ4n) is 1.34. The van der Waals surface area contributed by atoms with E-state index < -0.39 is 12.0 Å². The molecule has 4 nitrogen and oxygen atoms in total. The molecule has 0 aliphatic heterocycles. The van der Waals surface area contributed by atoms with Gasteiger partial charge in [-0.15, -0.1) is 6.58 Å². The maximum atomic E-state index is 11.3. The Morgan fingerprint density at radius 1 is 1.50 bits per heavy atom. The molecule has 90 valence electrons. The number of esters is 1. The molecule has 0 heterocycles. The molecule has 0 bridgehead atoms. The van der Waals surface area contributed by atoms with Crippen molar-refractivity contribution in [2.24, 2.45) is 4.99 Å². The summed E-state index contributed by atoms with van der Waals surface area (Å²) in [4.78, 5) is 24.9. The summed E-state index contributed by atoms with van der Waals surface area (Å²) in [6, 6.07) is -0.679. The molecule has 0 saturated heterocycles. The van der Waals surface area contributed by atoms with E-state index in [0.29, 0.717) is 13.0 Å². The van der Waals surface area contributed by atoms with Crippen LogP contribution in [0, 0.1) is 0 Å². The zero-order chi connectivity index (χ0) is 12.2. The minimum atomic E-state index is -0.679. The molecule has 0 aliphatic carbocycles. The maximum Gasteiger partial charge on any atom is 0.331 e. The predicted molar refractivity (Wildman–Crippen MR) is 61.8 cm³/mol. The third-order valence-electron chi connectivity index (χ3n) is 2.15. The van der Waals surface area contributed by atoms with Gasteiger partial charge in [0.25, 0.3) is 0 Å². The van der Waals surface area contributed by atoms with E-state index in [1.54, 1.807) is 6.92 Å². The number of carbonyl (C=O) groups is 1. The number of nitrogens with zero attached hydrogens (tertiary/aromatic N) is 1. The number of rotatable bonds is 9. The molecule has 0 aromatic heterocycles. The second-order valence-electron chi connectivity index (χ2n) is 3.41. The molecule has 1 atom stereocenters. The Balaban J connectivity index is 3.89. The molecule has 4 heteroatoms. The molecule has 0 N–H and O–H groups in total. The van der Waals surface area contributed by atoms with Crippen LogP contribution in [0.5, 0.6) is 0 Å². The highest BCUT2D eigenvalue weighted by Crippen LogP contribution is 2.09. The number of hydrogen-bond acceptors (Lipinski definition) is 4. The Kier molecular flexibility index (Phi) is 9.23. The van der Waals surface area contributed by atoms with Gasteiger partial charge in [-0.3, -0.25) is 0 Å². The molecule has 0 fully saturated rings. The first kappa shape index (κ1) is 14.6. The number of unbranched alkanes of at least 4 members (excludes halogenated alkanes) is 3. The van der Waals surface area contributed by atoms with E-state index in [1.807, 2.05) is 6.08 Å². The van der Waals surface area contributed by atoms with Gasteiger partial charge in [0, 0.05) is 0 Å². The van der Waals surface area contributed by atoms with Crippen molar-refractivity contribution in [3.8, 4) is 0 Å². The first-order chi connectivity index (χ1) is 7.76. The Morgan fingerprint density at radius 3 is 2.81 bits per heavy atom. The molecule has 16 heavy (non-hydrogen) atoms. The Bertz CT molecular complexity index is 257. The second-order valence-corrected chi connectivity index (χ2v) is 3.41. The maximum absolute atomic E-state index is 11.3. The predicted octanol–water partition coefficient (Wildman–Crippen LogP) is 2.39. The standard InChI is InChI=1S/C12H19NO3/c1-3-5-6-7-8-9-11(13-10-14)12(15)16-4-2/h3,11H,1,4-9H2,2H3/t11-/m0/s1. The van der Waals surface area contributed by atoms with Gasteiger partial charge in [0.05, 0.1) is 6.61 Å². The SMILES string of the molecule is C=CCCCCC[C@H](N=C=O)C(=O)OCC. The summed E-state index contributed by atoms with van der Waals surface area (Å²) in [5.74, 6) is -0.436. The second kappa shape index (κ2) is 10.1. The monoisotopic (exact) mass is 225 g/mol. The van der Waals surface area contributed by atoms with E-state index in [4.69, 9.17) is 4.74 Å². The van der Waals surface area contributed by atoms with Crippen molar-refractivity contribution in [1.29, 1.82) is 0 Å². The Morgan fingerprint density at radius 2 is 2.25 bits per heavy atom. The summed E-state index contributed by atoms with van der Waals surface area (Å²) < 4.78 is 4.81. The van der Waals surface area contributed by atoms with Crippen molar-refractivity contribution in [3.63, 3.8) is 0 Å². The first-order valence-corrected chi connectivity index (χ1v) is 5.60. The van der Waals surface area contributed by atoms with Gasteiger partial charge in [0.1, 0.15) is 0 Å². The minimum absolute atomic E-state index is 0.306. The number of hydrogen-bond donors (Lipinski definition) is 0. The molecule has 0 rings (SSSR count). The number of ether oxygens (including phenoxy) is 1. The summed E-state index contributed by atoms with van der Waals surface area (Å²) in [5, 5.41) is 0. The lowest BCUT2D eigenvalue weighted by atomic mass is 10.1. The lowest BCUT2D eigenvalue weighted by Gasteiger charge is -2.08.